The van der Waals surface area contributed by atoms with Crippen LogP contribution in [0.4, 0.5) is 29.7 Å². The van der Waals surface area contributed by atoms with E-state index in [-0.39, 0.29) is 120 Å². The molecule has 3 atom stereocenters. The van der Waals surface area contributed by atoms with Gasteiger partial charge in [-0.05, 0) is 126 Å². The predicted octanol–water partition coefficient (Wildman–Crippen LogP) is 10.5. The molecule has 0 radical (unpaired) electrons. The van der Waals surface area contributed by atoms with Crippen molar-refractivity contribution in [3.05, 3.63) is 299 Å². The van der Waals surface area contributed by atoms with Gasteiger partial charge in [-0.3, -0.25) is 28.8 Å². The van der Waals surface area contributed by atoms with Crippen LogP contribution in [-0.4, -0.2) is 206 Å². The minimum atomic E-state index is -1.43. The molecule has 12 aromatic rings. The lowest BCUT2D eigenvalue weighted by molar-refractivity contribution is -0.146. The van der Waals surface area contributed by atoms with Crippen LogP contribution in [0, 0.1) is 0 Å². The topological polar surface area (TPSA) is 549 Å². The molecule has 9 aromatic carbocycles. The number of aliphatic carboxylic acids is 4. The number of alkyl carbamates (subject to hydrolysis) is 3. The number of fused-ring (bicyclic) bond motifs is 3. The Bertz CT molecular complexity index is 5870. The highest BCUT2D eigenvalue weighted by Gasteiger charge is 2.28. The normalized spacial score (nSPS) is 11.3. The van der Waals surface area contributed by atoms with Gasteiger partial charge in [0.15, 0.2) is 0 Å². The molecule has 0 saturated carbocycles. The number of aromatic amines is 3. The summed E-state index contributed by atoms with van der Waals surface area (Å²) in [5.41, 5.74) is 9.72. The molecule has 0 saturated heterocycles. The number of hydrogen-bond donors (Lipinski definition) is 15. The zero-order valence-corrected chi connectivity index (χ0v) is 72.3. The van der Waals surface area contributed by atoms with Crippen LogP contribution in [0.3, 0.4) is 0 Å². The van der Waals surface area contributed by atoms with Crippen LogP contribution in [0.15, 0.2) is 237 Å². The predicted molar refractivity (Wildman–Crippen MR) is 483 cm³/mol. The summed E-state index contributed by atoms with van der Waals surface area (Å²) in [5.74, 6) is -5.89. The zero-order valence-electron chi connectivity index (χ0n) is 72.3. The first kappa shape index (κ1) is 98.2. The van der Waals surface area contributed by atoms with Crippen molar-refractivity contribution in [2.75, 3.05) is 44.7 Å². The fourth-order valence-electron chi connectivity index (χ4n) is 12.7. The number of nitrogens with zero attached hydrogens (tertiary/aromatic N) is 6. The van der Waals surface area contributed by atoms with E-state index in [2.05, 4.69) is 72.4 Å². The second kappa shape index (κ2) is 50.5. The number of para-hydroxylation sites is 7. The molecule has 0 aliphatic heterocycles. The number of aromatic nitrogens is 6. The van der Waals surface area contributed by atoms with Gasteiger partial charge in [-0.15, -0.1) is 0 Å². The number of hydrogen-bond acceptors (Lipinski definition) is 21. The summed E-state index contributed by atoms with van der Waals surface area (Å²) in [6, 6.07) is 63.4. The van der Waals surface area contributed by atoms with Gasteiger partial charge in [-0.1, -0.05) is 165 Å². The van der Waals surface area contributed by atoms with Crippen LogP contribution in [0.1, 0.15) is 116 Å². The number of carbonyl (C=O) groups is 14. The molecular formula is C94H99N17O22. The molecular weight excluding hydrogens is 1720 g/mol. The minimum Gasteiger partial charge on any atom is -0.480 e. The number of benzene rings is 9. The Morgan fingerprint density at radius 2 is 0.707 bits per heavy atom. The molecule has 133 heavy (non-hydrogen) atoms. The summed E-state index contributed by atoms with van der Waals surface area (Å²) in [7, 11) is 0. The third-order valence-electron chi connectivity index (χ3n) is 19.6. The van der Waals surface area contributed by atoms with Crippen LogP contribution >= 0.6 is 0 Å². The number of nitrogens with one attached hydrogen (secondary N) is 11. The molecule has 3 unspecified atom stereocenters. The van der Waals surface area contributed by atoms with Crippen molar-refractivity contribution in [1.29, 1.82) is 0 Å². The van der Waals surface area contributed by atoms with Gasteiger partial charge in [0.2, 0.25) is 5.91 Å². The van der Waals surface area contributed by atoms with Crippen molar-refractivity contribution in [3.63, 3.8) is 0 Å². The molecule has 0 spiro atoms. The van der Waals surface area contributed by atoms with Crippen molar-refractivity contribution in [2.24, 2.45) is 0 Å². The second-order valence-corrected chi connectivity index (χ2v) is 29.7. The van der Waals surface area contributed by atoms with E-state index >= 15 is 0 Å². The number of urea groups is 2. The van der Waals surface area contributed by atoms with Crippen LogP contribution in [0.2, 0.25) is 0 Å². The van der Waals surface area contributed by atoms with E-state index in [9.17, 15) is 82.4 Å². The number of imidazole rings is 3. The standard InChI is InChI=1S/C33H35N5O8.C31H34N6O6.C30H30N6O8/c1-2-45-30(40)17-16-29(39)38(20-28-35-25-10-6-7-11-26(25)36-28)19-22-12-14-24(15-13-22)31(41)34-18-27(32(42)43)37-33(44)46-21-23-8-4-3-5-9-23;1-2-3-17-43-31(42)36-26(29(39)40)18-32-28(38)22-15-13-21(14-16-22)19-37(30(41)33-23-9-5-4-6-10-23)20-27-34-24-11-7-8-12-25(24)35-27;37-26(38)15-32-29(42)36(17-25-33-22-8-4-5-9-23(22)34-25)16-19-10-12-21(13-11-19)27(39)31-14-24(28(40)41)35-30(43)44-18-20-6-2-1-3-7-20/h3-15,27H,2,16-21H2,1H3,(H,34,41)(H,35,36)(H,37,44)(H,42,43);4-16,26H,2-3,17-20H2,1H3,(H,32,38)(H,33,41)(H,34,35)(H,36,42)(H,39,40);1-13,24H,14-18H2,(H,31,39)(H,32,42)(H,33,34)(H,35,43)(H,37,38)(H,40,41). The third kappa shape index (κ3) is 32.3. The van der Waals surface area contributed by atoms with E-state index in [4.69, 9.17) is 24.1 Å². The van der Waals surface area contributed by atoms with E-state index in [0.29, 0.717) is 46.2 Å². The number of amides is 11. The molecule has 0 bridgehead atoms. The number of rotatable bonds is 41. The van der Waals surface area contributed by atoms with Crippen molar-refractivity contribution in [2.45, 2.75) is 110 Å². The Labute approximate surface area is 760 Å². The van der Waals surface area contributed by atoms with Gasteiger partial charge in [0.05, 0.1) is 72.4 Å². The van der Waals surface area contributed by atoms with E-state index in [0.717, 1.165) is 50.7 Å². The summed E-state index contributed by atoms with van der Waals surface area (Å²) in [4.78, 5) is 199. The molecule has 0 aliphatic carbocycles. The van der Waals surface area contributed by atoms with Gasteiger partial charge < -0.3 is 112 Å². The Hall–Kier alpha value is -17.0. The molecule has 15 N–H and O–H groups in total. The van der Waals surface area contributed by atoms with Crippen molar-refractivity contribution < 1.29 is 106 Å². The molecule has 39 nitrogen and oxygen atoms in total. The number of unbranched alkanes of at least 4 members (excludes halogenated alkanes) is 1. The maximum Gasteiger partial charge on any atom is 0.408 e. The largest absolute Gasteiger partial charge is 0.480 e. The monoisotopic (exact) mass is 1820 g/mol. The average molecular weight is 1820 g/mol. The highest BCUT2D eigenvalue weighted by Crippen LogP contribution is 2.22. The Balaban J connectivity index is 0.000000207. The first-order valence-electron chi connectivity index (χ1n) is 42.0. The van der Waals surface area contributed by atoms with E-state index in [1.54, 1.807) is 138 Å². The number of ether oxygens (including phenoxy) is 4. The SMILES string of the molecule is CCCCOC(=O)NC(CNC(=O)c1ccc(CN(Cc2nc3ccccc3[nH]2)C(=O)Nc2ccccc2)cc1)C(=O)O.CCOC(=O)CCC(=O)N(Cc1ccc(C(=O)NCC(NC(=O)OCc2ccccc2)C(=O)O)cc1)Cc1nc2ccccc2[nH]1.O=C(O)CNC(=O)N(Cc1ccc(C(=O)NCC(NC(=O)OCc2ccccc2)C(=O)O)cc1)Cc1nc2ccccc2[nH]1. The lowest BCUT2D eigenvalue weighted by Crippen LogP contribution is -2.48. The molecule has 3 heterocycles. The Kier molecular flexibility index (Phi) is 37.3. The van der Waals surface area contributed by atoms with Crippen molar-refractivity contribution >= 4 is 123 Å². The highest BCUT2D eigenvalue weighted by atomic mass is 16.6. The molecule has 39 heteroatoms. The molecule has 692 valence electrons. The summed E-state index contributed by atoms with van der Waals surface area (Å²) >= 11 is 0. The smallest absolute Gasteiger partial charge is 0.408 e. The fraction of sp³-hybridized carbons (Fsp3) is 0.245. The van der Waals surface area contributed by atoms with Gasteiger partial charge in [0.25, 0.3) is 17.7 Å². The number of anilines is 1. The summed E-state index contributed by atoms with van der Waals surface area (Å²) in [5, 5.41) is 56.8. The lowest BCUT2D eigenvalue weighted by Gasteiger charge is -2.22. The number of carbonyl (C=O) groups excluding carboxylic acids is 10. The van der Waals surface area contributed by atoms with Crippen LogP contribution in [-0.2, 0) is 100 Å². The van der Waals surface area contributed by atoms with E-state index in [1.165, 1.54) is 17.0 Å². The maximum absolute atomic E-state index is 13.3. The van der Waals surface area contributed by atoms with Crippen molar-refractivity contribution in [3.8, 4) is 0 Å². The van der Waals surface area contributed by atoms with Gasteiger partial charge in [-0.25, -0.2) is 53.3 Å². The van der Waals surface area contributed by atoms with Crippen molar-refractivity contribution in [1.82, 2.24) is 81.8 Å². The molecule has 3 aromatic heterocycles. The lowest BCUT2D eigenvalue weighted by atomic mass is 10.1. The quantitative estimate of drug-likeness (QED) is 0.00961. The van der Waals surface area contributed by atoms with Gasteiger partial charge in [0, 0.05) is 68.1 Å². The number of carboxylic acid groups (broad SMARTS) is 4. The van der Waals surface area contributed by atoms with Gasteiger partial charge in [0.1, 0.15) is 55.4 Å². The number of H-pyrrole nitrogens is 3. The van der Waals surface area contributed by atoms with E-state index < -0.39 is 103 Å². The fourth-order valence-corrected chi connectivity index (χ4v) is 12.7. The maximum atomic E-state index is 13.3. The number of esters is 1. The first-order valence-corrected chi connectivity index (χ1v) is 42.0. The molecule has 0 aliphatic rings. The average Bonchev–Trinajstić information content (AvgIpc) is 1.70. The molecule has 12 rings (SSSR count). The van der Waals surface area contributed by atoms with Crippen LogP contribution < -0.4 is 42.5 Å². The number of carboxylic acids is 4. The molecule has 0 fully saturated rings. The Morgan fingerprint density at radius 3 is 1.07 bits per heavy atom. The van der Waals surface area contributed by atoms with Crippen LogP contribution in [0.5, 0.6) is 0 Å². The van der Waals surface area contributed by atoms with Crippen LogP contribution in [0.25, 0.3) is 33.1 Å². The van der Waals surface area contributed by atoms with Gasteiger partial charge >= 0.3 is 60.2 Å². The third-order valence-corrected chi connectivity index (χ3v) is 19.6. The highest BCUT2D eigenvalue weighted by molar-refractivity contribution is 5.97. The summed E-state index contributed by atoms with van der Waals surface area (Å²) in [6.07, 6.45) is -1.35. The van der Waals surface area contributed by atoms with E-state index in [1.807, 2.05) is 110 Å². The first-order chi connectivity index (χ1) is 64.2. The second-order valence-electron chi connectivity index (χ2n) is 29.7. The summed E-state index contributed by atoms with van der Waals surface area (Å²) in [6.45, 7) is 3.18. The zero-order chi connectivity index (χ0) is 95.0. The molecule has 11 amide bonds. The Morgan fingerprint density at radius 1 is 0.361 bits per heavy atom. The van der Waals surface area contributed by atoms with Gasteiger partial charge in [-0.2, -0.15) is 0 Å². The minimum absolute atomic E-state index is 0.0373. The summed E-state index contributed by atoms with van der Waals surface area (Å²) < 4.78 is 20.0.